The Balaban J connectivity index is 2.21. The molecule has 0 bridgehead atoms. The van der Waals surface area contributed by atoms with Crippen molar-refractivity contribution in [3.63, 3.8) is 0 Å². The van der Waals surface area contributed by atoms with E-state index in [1.54, 1.807) is 23.5 Å². The third-order valence-electron chi connectivity index (χ3n) is 1.73. The van der Waals surface area contributed by atoms with Gasteiger partial charge in [-0.2, -0.15) is 0 Å². The zero-order valence-electron chi connectivity index (χ0n) is 7.71. The molecule has 1 amide bonds. The molecule has 0 saturated carbocycles. The van der Waals surface area contributed by atoms with Gasteiger partial charge in [0.05, 0.1) is 16.8 Å². The van der Waals surface area contributed by atoms with Crippen molar-refractivity contribution in [2.45, 2.75) is 0 Å². The van der Waals surface area contributed by atoms with Crippen LogP contribution in [0.1, 0.15) is 0 Å². The fourth-order valence-corrected chi connectivity index (χ4v) is 1.83. The predicted molar refractivity (Wildman–Crippen MR) is 57.8 cm³/mol. The quantitative estimate of drug-likeness (QED) is 0.844. The summed E-state index contributed by atoms with van der Waals surface area (Å²) < 4.78 is 4.67. The van der Waals surface area contributed by atoms with E-state index in [1.807, 2.05) is 17.5 Å². The number of hydrogen-bond donors (Lipinski definition) is 1. The van der Waals surface area contributed by atoms with Crippen molar-refractivity contribution in [2.75, 3.05) is 0 Å². The van der Waals surface area contributed by atoms with Crippen LogP contribution in [0.15, 0.2) is 35.8 Å². The molecule has 0 radical (unpaired) electrons. The first-order valence-electron chi connectivity index (χ1n) is 4.23. The van der Waals surface area contributed by atoms with E-state index >= 15 is 0 Å². The second-order valence-electron chi connectivity index (χ2n) is 2.78. The predicted octanol–water partition coefficient (Wildman–Crippen LogP) is 2.27. The van der Waals surface area contributed by atoms with Crippen LogP contribution in [0.25, 0.3) is 10.6 Å². The lowest BCUT2D eigenvalue weighted by Gasteiger charge is -2.00. The molecule has 2 heterocycles. The summed E-state index contributed by atoms with van der Waals surface area (Å²) >= 11 is 1.60. The maximum absolute atomic E-state index is 10.5. The van der Waals surface area contributed by atoms with E-state index in [0.717, 1.165) is 10.6 Å². The fraction of sp³-hybridized carbons (Fsp3) is 0. The molecule has 0 aromatic carbocycles. The molecule has 0 fully saturated rings. The summed E-state index contributed by atoms with van der Waals surface area (Å²) in [5.74, 6) is 0.350. The molecule has 0 aliphatic carbocycles. The highest BCUT2D eigenvalue weighted by Crippen LogP contribution is 2.23. The first-order valence-corrected chi connectivity index (χ1v) is 5.11. The number of thiophene rings is 1. The summed E-state index contributed by atoms with van der Waals surface area (Å²) in [6.45, 7) is 0. The Morgan fingerprint density at radius 3 is 2.80 bits per heavy atom. The molecule has 2 aromatic rings. The number of pyridine rings is 1. The van der Waals surface area contributed by atoms with Gasteiger partial charge < -0.3 is 10.5 Å². The Morgan fingerprint density at radius 1 is 1.40 bits per heavy atom. The van der Waals surface area contributed by atoms with Crippen LogP contribution in [0.5, 0.6) is 5.75 Å². The summed E-state index contributed by atoms with van der Waals surface area (Å²) in [6, 6.07) is 7.37. The van der Waals surface area contributed by atoms with Gasteiger partial charge in [0.15, 0.2) is 5.75 Å². The largest absolute Gasteiger partial charge is 0.410 e. The van der Waals surface area contributed by atoms with Crippen molar-refractivity contribution in [3.8, 4) is 16.3 Å². The van der Waals surface area contributed by atoms with E-state index in [2.05, 4.69) is 9.72 Å². The van der Waals surface area contributed by atoms with Gasteiger partial charge >= 0.3 is 6.09 Å². The highest BCUT2D eigenvalue weighted by Gasteiger charge is 2.02. The van der Waals surface area contributed by atoms with Crippen LogP contribution in [0.2, 0.25) is 0 Å². The number of hydrogen-bond acceptors (Lipinski definition) is 4. The van der Waals surface area contributed by atoms with Crippen molar-refractivity contribution in [1.29, 1.82) is 0 Å². The van der Waals surface area contributed by atoms with Crippen LogP contribution in [0.4, 0.5) is 4.79 Å². The van der Waals surface area contributed by atoms with Crippen LogP contribution in [-0.2, 0) is 0 Å². The summed E-state index contributed by atoms with van der Waals surface area (Å²) in [6.07, 6.45) is 0.639. The van der Waals surface area contributed by atoms with E-state index < -0.39 is 6.09 Å². The van der Waals surface area contributed by atoms with Crippen molar-refractivity contribution < 1.29 is 9.53 Å². The molecule has 15 heavy (non-hydrogen) atoms. The van der Waals surface area contributed by atoms with E-state index in [-0.39, 0.29) is 0 Å². The van der Waals surface area contributed by atoms with Crippen molar-refractivity contribution in [3.05, 3.63) is 35.8 Å². The highest BCUT2D eigenvalue weighted by atomic mass is 32.1. The number of amides is 1. The standard InChI is InChI=1S/C10H8N2O2S/c11-10(13)14-7-3-4-8(12-6-7)9-2-1-5-15-9/h1-6H,(H2,11,13). The number of aromatic nitrogens is 1. The molecule has 2 aromatic heterocycles. The third-order valence-corrected chi connectivity index (χ3v) is 2.62. The number of ether oxygens (including phenoxy) is 1. The van der Waals surface area contributed by atoms with Crippen molar-refractivity contribution in [2.24, 2.45) is 5.73 Å². The Hall–Kier alpha value is -1.88. The minimum absolute atomic E-state index is 0.350. The Labute approximate surface area is 90.3 Å². The number of nitrogens with zero attached hydrogens (tertiary/aromatic N) is 1. The van der Waals surface area contributed by atoms with E-state index in [9.17, 15) is 4.79 Å². The summed E-state index contributed by atoms with van der Waals surface area (Å²) in [7, 11) is 0. The summed E-state index contributed by atoms with van der Waals surface area (Å²) in [4.78, 5) is 15.7. The fourth-order valence-electron chi connectivity index (χ4n) is 1.13. The summed E-state index contributed by atoms with van der Waals surface area (Å²) in [5, 5.41) is 1.98. The number of carbonyl (C=O) groups is 1. The number of rotatable bonds is 2. The SMILES string of the molecule is NC(=O)Oc1ccc(-c2cccs2)nc1. The lowest BCUT2D eigenvalue weighted by molar-refractivity contribution is 0.210. The van der Waals surface area contributed by atoms with Gasteiger partial charge in [-0.15, -0.1) is 11.3 Å². The molecule has 0 spiro atoms. The topological polar surface area (TPSA) is 65.2 Å². The number of nitrogens with two attached hydrogens (primary N) is 1. The molecule has 0 saturated heterocycles. The molecule has 2 N–H and O–H groups in total. The van der Waals surface area contributed by atoms with Gasteiger partial charge in [-0.1, -0.05) is 6.07 Å². The Bertz CT molecular complexity index is 451. The van der Waals surface area contributed by atoms with Gasteiger partial charge in [-0.3, -0.25) is 4.98 Å². The zero-order valence-corrected chi connectivity index (χ0v) is 8.53. The average Bonchev–Trinajstić information content (AvgIpc) is 2.71. The van der Waals surface area contributed by atoms with Crippen LogP contribution >= 0.6 is 11.3 Å². The molecule has 4 nitrogen and oxygen atoms in total. The monoisotopic (exact) mass is 220 g/mol. The Kier molecular flexibility index (Phi) is 2.64. The smallest absolute Gasteiger partial charge is 0.409 e. The third kappa shape index (κ3) is 2.32. The second-order valence-corrected chi connectivity index (χ2v) is 3.73. The molecule has 0 unspecified atom stereocenters. The number of carbonyl (C=O) groups excluding carboxylic acids is 1. The van der Waals surface area contributed by atoms with E-state index in [0.29, 0.717) is 5.75 Å². The van der Waals surface area contributed by atoms with Crippen LogP contribution < -0.4 is 10.5 Å². The average molecular weight is 220 g/mol. The molecule has 0 atom stereocenters. The lowest BCUT2D eigenvalue weighted by Crippen LogP contribution is -2.16. The van der Waals surface area contributed by atoms with E-state index in [1.165, 1.54) is 6.20 Å². The lowest BCUT2D eigenvalue weighted by atomic mass is 10.3. The molecule has 0 aliphatic rings. The summed E-state index contributed by atoms with van der Waals surface area (Å²) in [5.41, 5.74) is 5.72. The maximum atomic E-state index is 10.5. The first-order chi connectivity index (χ1) is 7.25. The normalized spacial score (nSPS) is 9.87. The minimum atomic E-state index is -0.833. The zero-order chi connectivity index (χ0) is 10.7. The van der Waals surface area contributed by atoms with Gasteiger partial charge in [-0.05, 0) is 23.6 Å². The first kappa shape index (κ1) is 9.67. The van der Waals surface area contributed by atoms with Crippen molar-refractivity contribution >= 4 is 17.4 Å². The second kappa shape index (κ2) is 4.10. The molecule has 0 aliphatic heterocycles. The van der Waals surface area contributed by atoms with Gasteiger partial charge in [0.25, 0.3) is 0 Å². The van der Waals surface area contributed by atoms with Gasteiger partial charge in [0.2, 0.25) is 0 Å². The molecule has 2 rings (SSSR count). The van der Waals surface area contributed by atoms with E-state index in [4.69, 9.17) is 5.73 Å². The van der Waals surface area contributed by atoms with Crippen LogP contribution in [0, 0.1) is 0 Å². The van der Waals surface area contributed by atoms with Crippen LogP contribution in [0.3, 0.4) is 0 Å². The Morgan fingerprint density at radius 2 is 2.27 bits per heavy atom. The van der Waals surface area contributed by atoms with Gasteiger partial charge in [0.1, 0.15) is 0 Å². The van der Waals surface area contributed by atoms with Gasteiger partial charge in [0, 0.05) is 0 Å². The molecular weight excluding hydrogens is 212 g/mol. The molecule has 5 heteroatoms. The maximum Gasteiger partial charge on any atom is 0.410 e. The van der Waals surface area contributed by atoms with Gasteiger partial charge in [-0.25, -0.2) is 4.79 Å². The highest BCUT2D eigenvalue weighted by molar-refractivity contribution is 7.13. The molecule has 76 valence electrons. The minimum Gasteiger partial charge on any atom is -0.409 e. The van der Waals surface area contributed by atoms with Crippen molar-refractivity contribution in [1.82, 2.24) is 4.98 Å². The molecular formula is C10H8N2O2S. The van der Waals surface area contributed by atoms with Crippen LogP contribution in [-0.4, -0.2) is 11.1 Å². The number of primary amides is 1.